The smallest absolute Gasteiger partial charge is 0.119 e. The van der Waals surface area contributed by atoms with Gasteiger partial charge in [-0.15, -0.1) is 0 Å². The molecule has 0 aromatic heterocycles. The average Bonchev–Trinajstić information content (AvgIpc) is 2.61. The number of unbranched alkanes of at least 4 members (excludes halogenated alkanes) is 3. The topological polar surface area (TPSA) is 30.5 Å². The maximum absolute atomic E-state index is 5.77. The highest BCUT2D eigenvalue weighted by atomic mass is 16.5. The summed E-state index contributed by atoms with van der Waals surface area (Å²) >= 11 is 0. The number of hydrogen-bond donors (Lipinski definition) is 1. The standard InChI is InChI=1S/C22H31NO2/c1-4-5-6-7-16-24-21-14-10-20(11-15-21)23-17-19-8-12-22(13-9-19)25-18(2)3/h8-15,18,23H,4-7,16-17H2,1-3H3. The second kappa shape index (κ2) is 10.7. The van der Waals surface area contributed by atoms with E-state index in [1.165, 1.54) is 24.8 Å². The number of hydrogen-bond acceptors (Lipinski definition) is 3. The molecule has 0 fully saturated rings. The van der Waals surface area contributed by atoms with Crippen molar-refractivity contribution in [1.29, 1.82) is 0 Å². The van der Waals surface area contributed by atoms with Crippen LogP contribution in [-0.2, 0) is 6.54 Å². The highest BCUT2D eigenvalue weighted by Crippen LogP contribution is 2.18. The molecule has 0 unspecified atom stereocenters. The summed E-state index contributed by atoms with van der Waals surface area (Å²) in [6, 6.07) is 16.4. The van der Waals surface area contributed by atoms with Crippen LogP contribution >= 0.6 is 0 Å². The highest BCUT2D eigenvalue weighted by Gasteiger charge is 1.99. The van der Waals surface area contributed by atoms with Gasteiger partial charge in [0.1, 0.15) is 11.5 Å². The molecule has 0 radical (unpaired) electrons. The van der Waals surface area contributed by atoms with E-state index in [0.29, 0.717) is 0 Å². The van der Waals surface area contributed by atoms with Gasteiger partial charge in [-0.1, -0.05) is 38.3 Å². The minimum atomic E-state index is 0.205. The van der Waals surface area contributed by atoms with Crippen molar-refractivity contribution in [2.45, 2.75) is 59.1 Å². The van der Waals surface area contributed by atoms with Crippen LogP contribution in [-0.4, -0.2) is 12.7 Å². The van der Waals surface area contributed by atoms with Crippen LogP contribution in [0.1, 0.15) is 52.0 Å². The first-order valence-corrected chi connectivity index (χ1v) is 9.39. The van der Waals surface area contributed by atoms with E-state index < -0.39 is 0 Å². The lowest BCUT2D eigenvalue weighted by Gasteiger charge is -2.11. The summed E-state index contributed by atoms with van der Waals surface area (Å²) in [5.74, 6) is 1.86. The third kappa shape index (κ3) is 7.51. The first kappa shape index (κ1) is 19.2. The number of anilines is 1. The Balaban J connectivity index is 1.73. The first-order chi connectivity index (χ1) is 12.2. The van der Waals surface area contributed by atoms with Crippen molar-refractivity contribution in [3.8, 4) is 11.5 Å². The molecule has 136 valence electrons. The fraction of sp³-hybridized carbons (Fsp3) is 0.455. The Labute approximate surface area is 152 Å². The predicted octanol–water partition coefficient (Wildman–Crippen LogP) is 6.05. The van der Waals surface area contributed by atoms with Gasteiger partial charge in [0.25, 0.3) is 0 Å². The molecule has 0 atom stereocenters. The van der Waals surface area contributed by atoms with Crippen LogP contribution < -0.4 is 14.8 Å². The van der Waals surface area contributed by atoms with Gasteiger partial charge in [0.2, 0.25) is 0 Å². The van der Waals surface area contributed by atoms with Crippen LogP contribution in [0.15, 0.2) is 48.5 Å². The third-order valence-electron chi connectivity index (χ3n) is 3.91. The number of nitrogens with one attached hydrogen (secondary N) is 1. The molecule has 0 aliphatic heterocycles. The van der Waals surface area contributed by atoms with Gasteiger partial charge in [-0.05, 0) is 62.2 Å². The fourth-order valence-corrected chi connectivity index (χ4v) is 2.55. The molecule has 0 saturated heterocycles. The van der Waals surface area contributed by atoms with E-state index >= 15 is 0 Å². The molecule has 0 aliphatic carbocycles. The monoisotopic (exact) mass is 341 g/mol. The average molecular weight is 341 g/mol. The van der Waals surface area contributed by atoms with E-state index in [1.807, 2.05) is 38.1 Å². The van der Waals surface area contributed by atoms with Crippen molar-refractivity contribution >= 4 is 5.69 Å². The van der Waals surface area contributed by atoms with Crippen molar-refractivity contribution in [3.63, 3.8) is 0 Å². The van der Waals surface area contributed by atoms with Crippen LogP contribution in [0.2, 0.25) is 0 Å². The molecule has 0 heterocycles. The van der Waals surface area contributed by atoms with Gasteiger partial charge in [-0.25, -0.2) is 0 Å². The van der Waals surface area contributed by atoms with Gasteiger partial charge in [0.15, 0.2) is 0 Å². The Morgan fingerprint density at radius 2 is 1.52 bits per heavy atom. The summed E-state index contributed by atoms with van der Waals surface area (Å²) in [6.45, 7) is 7.89. The number of benzene rings is 2. The largest absolute Gasteiger partial charge is 0.494 e. The summed E-state index contributed by atoms with van der Waals surface area (Å²) in [4.78, 5) is 0. The fourth-order valence-electron chi connectivity index (χ4n) is 2.55. The maximum atomic E-state index is 5.77. The first-order valence-electron chi connectivity index (χ1n) is 9.39. The summed E-state index contributed by atoms with van der Waals surface area (Å²) in [5.41, 5.74) is 2.33. The molecule has 0 saturated carbocycles. The van der Waals surface area contributed by atoms with E-state index in [1.54, 1.807) is 0 Å². The molecule has 0 aliphatic rings. The van der Waals surface area contributed by atoms with Gasteiger partial charge in [-0.3, -0.25) is 0 Å². The number of rotatable bonds is 11. The maximum Gasteiger partial charge on any atom is 0.119 e. The molecule has 2 aromatic carbocycles. The molecule has 25 heavy (non-hydrogen) atoms. The molecule has 0 spiro atoms. The molecule has 1 N–H and O–H groups in total. The lowest BCUT2D eigenvalue weighted by Crippen LogP contribution is -2.05. The van der Waals surface area contributed by atoms with Crippen molar-refractivity contribution in [2.75, 3.05) is 11.9 Å². The third-order valence-corrected chi connectivity index (χ3v) is 3.91. The lowest BCUT2D eigenvalue weighted by molar-refractivity contribution is 0.242. The second-order valence-corrected chi connectivity index (χ2v) is 6.60. The van der Waals surface area contributed by atoms with Crippen LogP contribution in [0.3, 0.4) is 0 Å². The summed E-state index contributed by atoms with van der Waals surface area (Å²) in [7, 11) is 0. The van der Waals surface area contributed by atoms with Crippen LogP contribution in [0.4, 0.5) is 5.69 Å². The molecule has 0 amide bonds. The normalized spacial score (nSPS) is 10.7. The quantitative estimate of drug-likeness (QED) is 0.505. The Hall–Kier alpha value is -2.16. The van der Waals surface area contributed by atoms with Gasteiger partial charge >= 0.3 is 0 Å². The van der Waals surface area contributed by atoms with Crippen molar-refractivity contribution < 1.29 is 9.47 Å². The molecule has 2 rings (SSSR count). The SMILES string of the molecule is CCCCCCOc1ccc(NCc2ccc(OC(C)C)cc2)cc1. The van der Waals surface area contributed by atoms with Crippen LogP contribution in [0.5, 0.6) is 11.5 Å². The molecule has 3 nitrogen and oxygen atoms in total. The zero-order valence-electron chi connectivity index (χ0n) is 15.8. The van der Waals surface area contributed by atoms with Crippen LogP contribution in [0.25, 0.3) is 0 Å². The van der Waals surface area contributed by atoms with Crippen molar-refractivity contribution in [3.05, 3.63) is 54.1 Å². The minimum Gasteiger partial charge on any atom is -0.494 e. The van der Waals surface area contributed by atoms with Gasteiger partial charge < -0.3 is 14.8 Å². The zero-order valence-corrected chi connectivity index (χ0v) is 15.8. The lowest BCUT2D eigenvalue weighted by atomic mass is 10.2. The minimum absolute atomic E-state index is 0.205. The Kier molecular flexibility index (Phi) is 8.17. The van der Waals surface area contributed by atoms with Crippen molar-refractivity contribution in [1.82, 2.24) is 0 Å². The summed E-state index contributed by atoms with van der Waals surface area (Å²) < 4.78 is 11.4. The van der Waals surface area contributed by atoms with Crippen molar-refractivity contribution in [2.24, 2.45) is 0 Å². The van der Waals surface area contributed by atoms with Gasteiger partial charge in [-0.2, -0.15) is 0 Å². The summed E-state index contributed by atoms with van der Waals surface area (Å²) in [5, 5.41) is 3.44. The second-order valence-electron chi connectivity index (χ2n) is 6.60. The molecule has 2 aromatic rings. The van der Waals surface area contributed by atoms with E-state index in [0.717, 1.165) is 36.8 Å². The highest BCUT2D eigenvalue weighted by molar-refractivity contribution is 5.47. The molecular formula is C22H31NO2. The van der Waals surface area contributed by atoms with E-state index in [9.17, 15) is 0 Å². The van der Waals surface area contributed by atoms with Crippen LogP contribution in [0, 0.1) is 0 Å². The molecule has 3 heteroatoms. The van der Waals surface area contributed by atoms with Gasteiger partial charge in [0.05, 0.1) is 12.7 Å². The molecule has 0 bridgehead atoms. The number of ether oxygens (including phenoxy) is 2. The van der Waals surface area contributed by atoms with Gasteiger partial charge in [0, 0.05) is 12.2 Å². The Bertz CT molecular complexity index is 590. The molecular weight excluding hydrogens is 310 g/mol. The van der Waals surface area contributed by atoms with E-state index in [-0.39, 0.29) is 6.10 Å². The predicted molar refractivity (Wildman–Crippen MR) is 106 cm³/mol. The Morgan fingerprint density at radius 3 is 2.16 bits per heavy atom. The summed E-state index contributed by atoms with van der Waals surface area (Å²) in [6.07, 6.45) is 5.13. The van der Waals surface area contributed by atoms with E-state index in [4.69, 9.17) is 9.47 Å². The zero-order chi connectivity index (χ0) is 17.9. The Morgan fingerprint density at radius 1 is 0.840 bits per heavy atom. The van der Waals surface area contributed by atoms with E-state index in [2.05, 4.69) is 36.5 Å².